The van der Waals surface area contributed by atoms with Gasteiger partial charge in [-0.3, -0.25) is 9.59 Å². The lowest BCUT2D eigenvalue weighted by Crippen LogP contribution is -2.27. The van der Waals surface area contributed by atoms with Crippen molar-refractivity contribution >= 4 is 17.6 Å². The molecule has 2 aromatic carbocycles. The van der Waals surface area contributed by atoms with Crippen molar-refractivity contribution < 1.29 is 31.9 Å². The van der Waals surface area contributed by atoms with E-state index in [4.69, 9.17) is 16.2 Å². The largest absolute Gasteiger partial charge is 0.496 e. The second kappa shape index (κ2) is 12.3. The van der Waals surface area contributed by atoms with Crippen LogP contribution in [0.5, 0.6) is 5.75 Å². The Hall–Kier alpha value is -4.61. The molecule has 1 atom stereocenters. The van der Waals surface area contributed by atoms with E-state index in [1.165, 1.54) is 37.5 Å². The number of methoxy groups -OCH3 is 1. The van der Waals surface area contributed by atoms with E-state index in [1.54, 1.807) is 31.2 Å². The van der Waals surface area contributed by atoms with Gasteiger partial charge in [-0.25, -0.2) is 22.2 Å². The van der Waals surface area contributed by atoms with Crippen molar-refractivity contribution in [3.63, 3.8) is 0 Å². The Morgan fingerprint density at radius 1 is 1.23 bits per heavy atom. The number of nitrogen functional groups attached to an aromatic ring is 1. The van der Waals surface area contributed by atoms with Crippen LogP contribution >= 0.6 is 0 Å². The Labute approximate surface area is 221 Å². The second-order valence-corrected chi connectivity index (χ2v) is 8.44. The van der Waals surface area contributed by atoms with Gasteiger partial charge in [-0.1, -0.05) is 42.5 Å². The summed E-state index contributed by atoms with van der Waals surface area (Å²) in [6.07, 6.45) is 4.00. The number of nitrogens with one attached hydrogen (secondary N) is 1. The molecule has 0 saturated carbocycles. The lowest BCUT2D eigenvalue weighted by Gasteiger charge is -2.20. The van der Waals surface area contributed by atoms with Gasteiger partial charge in [0.25, 0.3) is 17.7 Å². The number of allylic oxidation sites excluding steroid dienone is 3. The number of benzene rings is 2. The molecule has 39 heavy (non-hydrogen) atoms. The smallest absolute Gasteiger partial charge is 0.277 e. The van der Waals surface area contributed by atoms with E-state index in [0.29, 0.717) is 17.5 Å². The summed E-state index contributed by atoms with van der Waals surface area (Å²) >= 11 is 0. The van der Waals surface area contributed by atoms with Crippen molar-refractivity contribution in [2.75, 3.05) is 12.8 Å². The van der Waals surface area contributed by atoms with E-state index in [9.17, 15) is 27.2 Å². The normalized spacial score (nSPS) is 15.6. The first-order valence-electron chi connectivity index (χ1n) is 11.7. The highest BCUT2D eigenvalue weighted by Gasteiger charge is 2.44. The van der Waals surface area contributed by atoms with Crippen LogP contribution in [0.2, 0.25) is 0 Å². The summed E-state index contributed by atoms with van der Waals surface area (Å²) in [5.41, 5.74) is 12.5. The van der Waals surface area contributed by atoms with Crippen LogP contribution in [-0.2, 0) is 6.54 Å². The van der Waals surface area contributed by atoms with E-state index < -0.39 is 36.0 Å². The summed E-state index contributed by atoms with van der Waals surface area (Å²) in [6, 6.07) is 8.71. The quantitative estimate of drug-likeness (QED) is 0.287. The zero-order valence-electron chi connectivity index (χ0n) is 21.1. The molecule has 0 spiro atoms. The molecule has 0 saturated heterocycles. The molecule has 0 aliphatic heterocycles. The van der Waals surface area contributed by atoms with Gasteiger partial charge in [0.15, 0.2) is 0 Å². The monoisotopic (exact) mass is 545 g/mol. The molecule has 3 aromatic rings. The second-order valence-electron chi connectivity index (χ2n) is 8.44. The van der Waals surface area contributed by atoms with Gasteiger partial charge < -0.3 is 21.5 Å². The molecule has 1 aliphatic carbocycles. The number of halogens is 4. The number of hydrogen-bond acceptors (Lipinski definition) is 5. The number of rotatable bonds is 7. The van der Waals surface area contributed by atoms with Crippen molar-refractivity contribution in [2.24, 2.45) is 5.73 Å². The first-order valence-corrected chi connectivity index (χ1v) is 11.7. The van der Waals surface area contributed by atoms with Crippen molar-refractivity contribution in [1.29, 1.82) is 0 Å². The van der Waals surface area contributed by atoms with Gasteiger partial charge in [0.1, 0.15) is 34.7 Å². The number of ether oxygens (including phenoxy) is 1. The standard InChI is InChI=1S/C24H22F3N5O3.C3H5F/c1-35-17-9-8-15(25)11-16(17)23(34)30-12-13-4-6-14(7-5-13)20-19(22(29)33)21(28)32(31-20)18-3-2-10-24(18,26)27;1-2-3-4/h2-9,11,18H,10,12,28H2,1H3,(H2,29,33)(H,30,34);2-3H,1H3/b;3-2+. The SMILES string of the molecule is C/C=C/F.COc1ccc(F)cc1C(=O)NCc1ccc(-c2nn(C3C=CCC3(F)F)c(N)c2C(N)=O)cc1. The molecular formula is C27H27F4N5O3. The fraction of sp³-hybridized carbons (Fsp3) is 0.222. The summed E-state index contributed by atoms with van der Waals surface area (Å²) in [5.74, 6) is -5.11. The van der Waals surface area contributed by atoms with Gasteiger partial charge in [-0.05, 0) is 30.7 Å². The van der Waals surface area contributed by atoms with E-state index in [-0.39, 0.29) is 34.9 Å². The van der Waals surface area contributed by atoms with Crippen LogP contribution in [-0.4, -0.2) is 34.6 Å². The molecule has 2 amide bonds. The highest BCUT2D eigenvalue weighted by Crippen LogP contribution is 2.41. The van der Waals surface area contributed by atoms with E-state index in [1.807, 2.05) is 0 Å². The molecule has 5 N–H and O–H groups in total. The maximum Gasteiger partial charge on any atom is 0.277 e. The van der Waals surface area contributed by atoms with Crippen LogP contribution in [0.25, 0.3) is 11.3 Å². The molecule has 4 rings (SSSR count). The summed E-state index contributed by atoms with van der Waals surface area (Å²) in [6.45, 7) is 1.73. The topological polar surface area (TPSA) is 125 Å². The number of alkyl halides is 2. The van der Waals surface area contributed by atoms with Gasteiger partial charge >= 0.3 is 0 Å². The van der Waals surface area contributed by atoms with Gasteiger partial charge in [0.05, 0.1) is 19.0 Å². The van der Waals surface area contributed by atoms with Crippen LogP contribution in [0.4, 0.5) is 23.4 Å². The summed E-state index contributed by atoms with van der Waals surface area (Å²) in [4.78, 5) is 24.5. The Bertz CT molecular complexity index is 1400. The van der Waals surface area contributed by atoms with Gasteiger partial charge in [-0.2, -0.15) is 5.10 Å². The van der Waals surface area contributed by atoms with Crippen molar-refractivity contribution in [1.82, 2.24) is 15.1 Å². The lowest BCUT2D eigenvalue weighted by molar-refractivity contribution is -0.0251. The summed E-state index contributed by atoms with van der Waals surface area (Å²) in [7, 11) is 1.38. The molecule has 1 unspecified atom stereocenters. The minimum atomic E-state index is -3.10. The highest BCUT2D eigenvalue weighted by atomic mass is 19.3. The third-order valence-electron chi connectivity index (χ3n) is 5.81. The number of amides is 2. The average Bonchev–Trinajstić information content (AvgIpc) is 3.45. The number of hydrogen-bond donors (Lipinski definition) is 3. The fourth-order valence-electron chi connectivity index (χ4n) is 3.90. The summed E-state index contributed by atoms with van der Waals surface area (Å²) in [5, 5.41) is 6.87. The average molecular weight is 546 g/mol. The lowest BCUT2D eigenvalue weighted by atomic mass is 10.0. The van der Waals surface area contributed by atoms with Crippen molar-refractivity contribution in [3.05, 3.63) is 89.5 Å². The third-order valence-corrected chi connectivity index (χ3v) is 5.81. The van der Waals surface area contributed by atoms with E-state index in [0.717, 1.165) is 10.7 Å². The van der Waals surface area contributed by atoms with E-state index >= 15 is 0 Å². The number of aromatic nitrogens is 2. The van der Waals surface area contributed by atoms with Crippen LogP contribution < -0.4 is 21.5 Å². The summed E-state index contributed by atoms with van der Waals surface area (Å²) < 4.78 is 58.6. The van der Waals surface area contributed by atoms with Gasteiger partial charge in [0, 0.05) is 18.5 Å². The molecule has 0 fully saturated rings. The number of carbonyl (C=O) groups is 2. The first kappa shape index (κ1) is 29.0. The van der Waals surface area contributed by atoms with Crippen LogP contribution in [0, 0.1) is 5.82 Å². The fourth-order valence-corrected chi connectivity index (χ4v) is 3.90. The molecule has 1 aliphatic rings. The molecule has 206 valence electrons. The number of primary amides is 1. The highest BCUT2D eigenvalue weighted by molar-refractivity contribution is 6.03. The van der Waals surface area contributed by atoms with Crippen LogP contribution in [0.15, 0.2) is 67.0 Å². The molecule has 0 radical (unpaired) electrons. The Balaban J connectivity index is 0.000000983. The predicted octanol–water partition coefficient (Wildman–Crippen LogP) is 4.93. The molecule has 1 aromatic heterocycles. The molecule has 0 bridgehead atoms. The van der Waals surface area contributed by atoms with Crippen LogP contribution in [0.1, 0.15) is 45.7 Å². The Morgan fingerprint density at radius 3 is 2.44 bits per heavy atom. The van der Waals surface area contributed by atoms with Gasteiger partial charge in [-0.15, -0.1) is 0 Å². The predicted molar refractivity (Wildman–Crippen MR) is 138 cm³/mol. The third kappa shape index (κ3) is 6.46. The first-order chi connectivity index (χ1) is 18.5. The van der Waals surface area contributed by atoms with Crippen molar-refractivity contribution in [2.45, 2.75) is 31.9 Å². The molecule has 12 heteroatoms. The number of carbonyl (C=O) groups excluding carboxylic acids is 2. The number of anilines is 1. The van der Waals surface area contributed by atoms with E-state index in [2.05, 4.69) is 10.4 Å². The zero-order chi connectivity index (χ0) is 28.7. The molecule has 8 nitrogen and oxygen atoms in total. The van der Waals surface area contributed by atoms with Crippen molar-refractivity contribution in [3.8, 4) is 17.0 Å². The molecular weight excluding hydrogens is 518 g/mol. The van der Waals surface area contributed by atoms with Crippen LogP contribution in [0.3, 0.4) is 0 Å². The Morgan fingerprint density at radius 2 is 1.90 bits per heavy atom. The minimum Gasteiger partial charge on any atom is -0.496 e. The van der Waals surface area contributed by atoms with Gasteiger partial charge in [0.2, 0.25) is 0 Å². The maximum atomic E-state index is 14.3. The zero-order valence-corrected chi connectivity index (χ0v) is 21.1. The number of nitrogens with two attached hydrogens (primary N) is 2. The molecule has 1 heterocycles. The maximum absolute atomic E-state index is 14.3. The minimum absolute atomic E-state index is 0.0500. The number of nitrogens with zero attached hydrogens (tertiary/aromatic N) is 2. The Kier molecular flexibility index (Phi) is 9.12.